The fraction of sp³-hybridized carbons (Fsp3) is 0.375. The van der Waals surface area contributed by atoms with Gasteiger partial charge in [0, 0.05) is 18.2 Å². The number of carbonyl (C=O) groups is 4. The van der Waals surface area contributed by atoms with E-state index in [2.05, 4.69) is 31.4 Å². The van der Waals surface area contributed by atoms with Crippen LogP contribution >= 0.6 is 39.0 Å². The topological polar surface area (TPSA) is 174 Å². The molecule has 0 bridgehead atoms. The summed E-state index contributed by atoms with van der Waals surface area (Å²) in [4.78, 5) is 58.1. The maximum absolute atomic E-state index is 12.8. The Morgan fingerprint density at radius 3 is 2.71 bits per heavy atom. The van der Waals surface area contributed by atoms with Crippen molar-refractivity contribution in [1.29, 1.82) is 0 Å². The largest absolute Gasteiger partial charge is 0.477 e. The number of anilines is 1. The smallest absolute Gasteiger partial charge is 0.352 e. The zero-order chi connectivity index (χ0) is 22.9. The molecular weight excluding hydrogens is 518 g/mol. The number of carboxylic acid groups (broad SMARTS) is 1. The van der Waals surface area contributed by atoms with Gasteiger partial charge >= 0.3 is 11.9 Å². The molecule has 2 atom stereocenters. The first-order chi connectivity index (χ1) is 14.6. The minimum atomic E-state index is -1.32. The SMILES string of the molecule is CON=C(C(=O)N[C@@H]1C(=O)N2C(C(=O)O)=C(COC(C)=O)CS[C@H]12)c1nc(N)sc1Br. The standard InChI is InChI=1S/C16H16BrN5O7S2/c1-5(23)29-3-6-4-30-14-9(13(25)22(14)10(6)15(26)27)19-12(24)8(21-28-2)7-11(17)31-16(18)20-7/h9,14H,3-4H2,1-2H3,(H2,18,20)(H,19,24)(H,26,27)/t9-,14-/m1/s1. The van der Waals surface area contributed by atoms with Crippen LogP contribution in [0.2, 0.25) is 0 Å². The summed E-state index contributed by atoms with van der Waals surface area (Å²) in [7, 11) is 1.25. The lowest BCUT2D eigenvalue weighted by Gasteiger charge is -2.49. The Hall–Kier alpha value is -2.65. The fourth-order valence-electron chi connectivity index (χ4n) is 2.94. The molecule has 1 aromatic heterocycles. The maximum Gasteiger partial charge on any atom is 0.352 e. The number of halogens is 1. The minimum absolute atomic E-state index is 0.150. The fourth-order valence-corrected chi connectivity index (χ4v) is 5.60. The van der Waals surface area contributed by atoms with E-state index in [1.807, 2.05) is 0 Å². The highest BCUT2D eigenvalue weighted by atomic mass is 79.9. The normalized spacial score (nSPS) is 20.7. The molecule has 0 aliphatic carbocycles. The van der Waals surface area contributed by atoms with Crippen LogP contribution in [0, 0.1) is 0 Å². The van der Waals surface area contributed by atoms with E-state index in [0.29, 0.717) is 9.36 Å². The second kappa shape index (κ2) is 9.23. The number of β-lactam (4-membered cyclic amide) rings is 1. The maximum atomic E-state index is 12.8. The van der Waals surface area contributed by atoms with Gasteiger partial charge in [0.2, 0.25) is 0 Å². The van der Waals surface area contributed by atoms with Gasteiger partial charge in [0.15, 0.2) is 10.8 Å². The van der Waals surface area contributed by atoms with Gasteiger partial charge in [-0.1, -0.05) is 16.5 Å². The lowest BCUT2D eigenvalue weighted by Crippen LogP contribution is -2.71. The van der Waals surface area contributed by atoms with Gasteiger partial charge in [-0.25, -0.2) is 9.78 Å². The number of hydrogen-bond donors (Lipinski definition) is 3. The summed E-state index contributed by atoms with van der Waals surface area (Å²) in [5.74, 6) is -3.03. The molecule has 0 spiro atoms. The predicted octanol–water partition coefficient (Wildman–Crippen LogP) is 0.140. The molecule has 1 saturated heterocycles. The molecule has 2 aliphatic rings. The number of thiazole rings is 1. The second-order valence-corrected chi connectivity index (χ2v) is 9.65. The van der Waals surface area contributed by atoms with Crippen LogP contribution in [0.4, 0.5) is 5.13 Å². The molecule has 1 aromatic rings. The summed E-state index contributed by atoms with van der Waals surface area (Å²) in [5, 5.41) is 15.4. The van der Waals surface area contributed by atoms with E-state index < -0.39 is 35.2 Å². The average Bonchev–Trinajstić information content (AvgIpc) is 3.04. The Balaban J connectivity index is 1.79. The quantitative estimate of drug-likeness (QED) is 0.189. The highest BCUT2D eigenvalue weighted by Crippen LogP contribution is 2.40. The molecule has 0 unspecified atom stereocenters. The van der Waals surface area contributed by atoms with Crippen LogP contribution in [0.1, 0.15) is 12.6 Å². The number of nitrogen functional groups attached to an aromatic ring is 1. The number of aliphatic carboxylic acids is 1. The van der Waals surface area contributed by atoms with Crippen molar-refractivity contribution in [3.05, 3.63) is 20.8 Å². The number of aromatic nitrogens is 1. The third-order valence-corrected chi connectivity index (χ3v) is 7.08. The number of thioether (sulfide) groups is 1. The number of amides is 2. The second-order valence-electron chi connectivity index (χ2n) is 6.20. The lowest BCUT2D eigenvalue weighted by molar-refractivity contribution is -0.150. The Morgan fingerprint density at radius 1 is 1.45 bits per heavy atom. The third-order valence-electron chi connectivity index (χ3n) is 4.21. The first kappa shape index (κ1) is 23.0. The Labute approximate surface area is 191 Å². The van der Waals surface area contributed by atoms with E-state index in [1.165, 1.54) is 25.8 Å². The molecule has 166 valence electrons. The molecule has 31 heavy (non-hydrogen) atoms. The van der Waals surface area contributed by atoms with Gasteiger partial charge in [0.25, 0.3) is 11.8 Å². The number of nitrogens with one attached hydrogen (secondary N) is 1. The number of esters is 1. The molecule has 12 nitrogen and oxygen atoms in total. The van der Waals surface area contributed by atoms with E-state index in [0.717, 1.165) is 16.2 Å². The van der Waals surface area contributed by atoms with Crippen molar-refractivity contribution in [3.63, 3.8) is 0 Å². The molecule has 0 saturated carbocycles. The predicted molar refractivity (Wildman–Crippen MR) is 114 cm³/mol. The molecule has 2 aliphatic heterocycles. The molecule has 2 amide bonds. The number of ether oxygens (including phenoxy) is 1. The van der Waals surface area contributed by atoms with E-state index >= 15 is 0 Å². The van der Waals surface area contributed by atoms with Crippen molar-refractivity contribution in [1.82, 2.24) is 15.2 Å². The molecule has 15 heteroatoms. The van der Waals surface area contributed by atoms with E-state index in [4.69, 9.17) is 15.3 Å². The lowest BCUT2D eigenvalue weighted by atomic mass is 10.0. The first-order valence-corrected chi connectivity index (χ1v) is 11.2. The van der Waals surface area contributed by atoms with Crippen LogP contribution in [0.3, 0.4) is 0 Å². The molecule has 4 N–H and O–H groups in total. The van der Waals surface area contributed by atoms with Gasteiger partial charge in [0.05, 0.1) is 0 Å². The summed E-state index contributed by atoms with van der Waals surface area (Å²) in [6.45, 7) is 0.967. The number of fused-ring (bicyclic) bond motifs is 1. The number of carbonyl (C=O) groups excluding carboxylic acids is 3. The van der Waals surface area contributed by atoms with Crippen LogP contribution in [-0.4, -0.2) is 75.3 Å². The Bertz CT molecular complexity index is 1020. The van der Waals surface area contributed by atoms with Crippen LogP contribution in [0.15, 0.2) is 20.2 Å². The van der Waals surface area contributed by atoms with Gasteiger partial charge in [-0.15, -0.1) is 11.8 Å². The molecule has 0 aromatic carbocycles. The summed E-state index contributed by atoms with van der Waals surface area (Å²) < 4.78 is 5.34. The molecule has 0 radical (unpaired) electrons. The van der Waals surface area contributed by atoms with Crippen molar-refractivity contribution >= 4 is 73.6 Å². The molecule has 1 fully saturated rings. The zero-order valence-corrected chi connectivity index (χ0v) is 19.3. The van der Waals surface area contributed by atoms with E-state index in [9.17, 15) is 24.3 Å². The van der Waals surface area contributed by atoms with Gasteiger partial charge in [-0.05, 0) is 15.9 Å². The first-order valence-electron chi connectivity index (χ1n) is 8.53. The van der Waals surface area contributed by atoms with E-state index in [1.54, 1.807) is 0 Å². The van der Waals surface area contributed by atoms with Crippen molar-refractivity contribution < 1.29 is 33.9 Å². The Kier molecular flexibility index (Phi) is 6.86. The van der Waals surface area contributed by atoms with Crippen LogP contribution in [0.5, 0.6) is 0 Å². The summed E-state index contributed by atoms with van der Waals surface area (Å²) >= 11 is 5.58. The van der Waals surface area contributed by atoms with Gasteiger partial charge in [-0.2, -0.15) is 0 Å². The minimum Gasteiger partial charge on any atom is -0.477 e. The summed E-state index contributed by atoms with van der Waals surface area (Å²) in [5.41, 5.74) is 5.66. The highest BCUT2D eigenvalue weighted by Gasteiger charge is 2.54. The van der Waals surface area contributed by atoms with Crippen molar-refractivity contribution in [2.45, 2.75) is 18.3 Å². The average molecular weight is 534 g/mol. The summed E-state index contributed by atoms with van der Waals surface area (Å²) in [6.07, 6.45) is 0. The Morgan fingerprint density at radius 2 is 2.16 bits per heavy atom. The molecular formula is C16H16BrN5O7S2. The van der Waals surface area contributed by atoms with Crippen molar-refractivity contribution in [2.75, 3.05) is 25.2 Å². The molecule has 3 heterocycles. The summed E-state index contributed by atoms with van der Waals surface area (Å²) in [6, 6.07) is -0.987. The number of oxime groups is 1. The number of carboxylic acids is 1. The van der Waals surface area contributed by atoms with Crippen molar-refractivity contribution in [2.24, 2.45) is 5.16 Å². The third kappa shape index (κ3) is 4.52. The number of hydrogen-bond acceptors (Lipinski definition) is 11. The van der Waals surface area contributed by atoms with Crippen LogP contribution in [-0.2, 0) is 28.8 Å². The number of nitrogens with zero attached hydrogens (tertiary/aromatic N) is 3. The number of rotatable bonds is 7. The van der Waals surface area contributed by atoms with Crippen LogP contribution in [0.25, 0.3) is 0 Å². The monoisotopic (exact) mass is 533 g/mol. The zero-order valence-electron chi connectivity index (χ0n) is 16.1. The van der Waals surface area contributed by atoms with Crippen LogP contribution < -0.4 is 11.1 Å². The van der Waals surface area contributed by atoms with Gasteiger partial charge in [0.1, 0.15) is 40.3 Å². The van der Waals surface area contributed by atoms with Gasteiger partial charge < -0.3 is 25.7 Å². The van der Waals surface area contributed by atoms with Crippen molar-refractivity contribution in [3.8, 4) is 0 Å². The highest BCUT2D eigenvalue weighted by molar-refractivity contribution is 9.11. The molecule has 3 rings (SSSR count). The van der Waals surface area contributed by atoms with E-state index in [-0.39, 0.29) is 34.6 Å². The number of nitrogens with two attached hydrogens (primary N) is 1. The van der Waals surface area contributed by atoms with Gasteiger partial charge in [-0.3, -0.25) is 19.3 Å².